The molecule has 186 valence electrons. The number of rotatable bonds is 3. The first-order valence-electron chi connectivity index (χ1n) is 12.1. The van der Waals surface area contributed by atoms with Gasteiger partial charge in [-0.25, -0.2) is 4.39 Å². The van der Waals surface area contributed by atoms with Crippen molar-refractivity contribution in [3.8, 4) is 0 Å². The zero-order valence-corrected chi connectivity index (χ0v) is 20.3. The highest BCUT2D eigenvalue weighted by Crippen LogP contribution is 2.70. The molecule has 0 unspecified atom stereocenters. The fourth-order valence-corrected chi connectivity index (χ4v) is 8.21. The number of fused-ring (bicyclic) bond motifs is 7. The predicted octanol–water partition coefficient (Wildman–Crippen LogP) is 2.85. The van der Waals surface area contributed by atoms with Crippen LogP contribution >= 0.6 is 0 Å². The zero-order valence-electron chi connectivity index (χ0n) is 20.3. The first-order chi connectivity index (χ1) is 15.7. The molecule has 4 aliphatic carbocycles. The second-order valence-corrected chi connectivity index (χ2v) is 11.6. The first kappa shape index (κ1) is 23.8. The number of esters is 1. The summed E-state index contributed by atoms with van der Waals surface area (Å²) in [6.07, 6.45) is 2.70. The van der Waals surface area contributed by atoms with Crippen LogP contribution in [0.3, 0.4) is 0 Å². The van der Waals surface area contributed by atoms with Crippen LogP contribution in [0.2, 0.25) is 0 Å². The minimum atomic E-state index is -1.41. The molecule has 0 radical (unpaired) electrons. The summed E-state index contributed by atoms with van der Waals surface area (Å²) in [6, 6.07) is 0. The molecule has 0 aromatic rings. The van der Waals surface area contributed by atoms with Gasteiger partial charge >= 0.3 is 5.97 Å². The standard InChI is InChI=1S/C26H33FO7/c1-13(28)32-12-20(31)26-21(33-23(2,3)34-26)10-16-15-9-18(27)17-8-14(29)6-7-24(17,4)22(15)19(30)11-25(16,26)5/h6-8,15-16,18-19,21-22,30H,9-12H2,1-5H3/t15-,16-,18+,19-,21+,22+,24-,25-,26+/m0/s1. The number of hydrogen-bond acceptors (Lipinski definition) is 7. The van der Waals surface area contributed by atoms with E-state index in [0.717, 1.165) is 0 Å². The van der Waals surface area contributed by atoms with Gasteiger partial charge in [-0.1, -0.05) is 19.9 Å². The Morgan fingerprint density at radius 3 is 2.62 bits per heavy atom. The van der Waals surface area contributed by atoms with Gasteiger partial charge in [-0.15, -0.1) is 0 Å². The van der Waals surface area contributed by atoms with Gasteiger partial charge < -0.3 is 19.3 Å². The first-order valence-corrected chi connectivity index (χ1v) is 12.1. The third-order valence-electron chi connectivity index (χ3n) is 9.29. The van der Waals surface area contributed by atoms with E-state index in [9.17, 15) is 19.5 Å². The fraction of sp³-hybridized carbons (Fsp3) is 0.731. The van der Waals surface area contributed by atoms with Crippen LogP contribution in [0.25, 0.3) is 0 Å². The summed E-state index contributed by atoms with van der Waals surface area (Å²) >= 11 is 0. The smallest absolute Gasteiger partial charge is 0.303 e. The quantitative estimate of drug-likeness (QED) is 0.626. The lowest BCUT2D eigenvalue weighted by Gasteiger charge is -2.60. The molecule has 0 amide bonds. The minimum Gasteiger partial charge on any atom is -0.458 e. The van der Waals surface area contributed by atoms with E-state index in [1.165, 1.54) is 19.1 Å². The molecule has 0 aromatic carbocycles. The fourth-order valence-electron chi connectivity index (χ4n) is 8.21. The maximum Gasteiger partial charge on any atom is 0.303 e. The van der Waals surface area contributed by atoms with Gasteiger partial charge in [0, 0.05) is 23.7 Å². The number of aliphatic hydroxyl groups excluding tert-OH is 1. The van der Waals surface area contributed by atoms with E-state index in [2.05, 4.69) is 0 Å². The third-order valence-corrected chi connectivity index (χ3v) is 9.29. The average Bonchev–Trinajstić information content (AvgIpc) is 3.13. The van der Waals surface area contributed by atoms with Crippen LogP contribution in [0.5, 0.6) is 0 Å². The number of carbonyl (C=O) groups is 3. The molecule has 1 N–H and O–H groups in total. The Hall–Kier alpha value is -1.90. The Kier molecular flexibility index (Phi) is 5.12. The molecule has 7 nitrogen and oxygen atoms in total. The molecule has 1 saturated heterocycles. The van der Waals surface area contributed by atoms with Crippen LogP contribution in [0.4, 0.5) is 4.39 Å². The van der Waals surface area contributed by atoms with Gasteiger partial charge in [0.25, 0.3) is 0 Å². The molecular weight excluding hydrogens is 443 g/mol. The van der Waals surface area contributed by atoms with E-state index in [1.54, 1.807) is 19.9 Å². The van der Waals surface area contributed by atoms with E-state index in [4.69, 9.17) is 14.2 Å². The highest BCUT2D eigenvalue weighted by atomic mass is 19.1. The molecule has 0 bridgehead atoms. The molecular formula is C26H33FO7. The molecule has 5 aliphatic rings. The maximum atomic E-state index is 15.6. The molecule has 0 aromatic heterocycles. The van der Waals surface area contributed by atoms with Crippen molar-refractivity contribution in [2.75, 3.05) is 6.61 Å². The summed E-state index contributed by atoms with van der Waals surface area (Å²) in [5.41, 5.74) is -2.63. The highest BCUT2D eigenvalue weighted by Gasteiger charge is 2.77. The molecule has 8 heteroatoms. The van der Waals surface area contributed by atoms with Gasteiger partial charge in [0.1, 0.15) is 6.17 Å². The van der Waals surface area contributed by atoms with Gasteiger partial charge in [0.2, 0.25) is 5.78 Å². The maximum absolute atomic E-state index is 15.6. The van der Waals surface area contributed by atoms with E-state index in [-0.39, 0.29) is 36.4 Å². The Morgan fingerprint density at radius 2 is 1.94 bits per heavy atom. The summed E-state index contributed by atoms with van der Waals surface area (Å²) < 4.78 is 33.2. The molecule has 1 aliphatic heterocycles. The highest BCUT2D eigenvalue weighted by molar-refractivity contribution is 6.01. The van der Waals surface area contributed by atoms with Crippen molar-refractivity contribution >= 4 is 17.5 Å². The molecule has 5 rings (SSSR count). The monoisotopic (exact) mass is 476 g/mol. The number of hydrogen-bond donors (Lipinski definition) is 1. The third kappa shape index (κ3) is 3.00. The van der Waals surface area contributed by atoms with Gasteiger partial charge in [-0.3, -0.25) is 14.4 Å². The molecule has 9 atom stereocenters. The largest absolute Gasteiger partial charge is 0.458 e. The normalized spacial score (nSPS) is 48.3. The Balaban J connectivity index is 1.58. The summed E-state index contributed by atoms with van der Waals surface area (Å²) in [5.74, 6) is -2.94. The average molecular weight is 477 g/mol. The number of allylic oxidation sites excluding steroid dienone is 4. The Morgan fingerprint density at radius 1 is 1.24 bits per heavy atom. The lowest BCUT2D eigenvalue weighted by atomic mass is 9.46. The Labute approximate surface area is 198 Å². The number of alkyl halides is 1. The molecule has 0 spiro atoms. The SMILES string of the molecule is CC(=O)OCC(=O)[C@@]12OC(C)(C)O[C@@H]1C[C@H]1[C@@H]3C[C@@H](F)C4=CC(=O)C=C[C@]4(C)[C@H]3[C@@H](O)C[C@@]12C. The number of Topliss-reactive ketones (excluding diaryl/α,β-unsaturated/α-hetero) is 1. The van der Waals surface area contributed by atoms with Crippen molar-refractivity contribution in [3.63, 3.8) is 0 Å². The number of ether oxygens (including phenoxy) is 3. The summed E-state index contributed by atoms with van der Waals surface area (Å²) in [7, 11) is 0. The summed E-state index contributed by atoms with van der Waals surface area (Å²) in [5, 5.41) is 11.6. The van der Waals surface area contributed by atoms with Crippen LogP contribution in [-0.4, -0.2) is 59.0 Å². The lowest BCUT2D eigenvalue weighted by Crippen LogP contribution is -2.64. The van der Waals surface area contributed by atoms with E-state index in [0.29, 0.717) is 12.0 Å². The second kappa shape index (κ2) is 7.31. The topological polar surface area (TPSA) is 99.1 Å². The van der Waals surface area contributed by atoms with E-state index >= 15 is 4.39 Å². The van der Waals surface area contributed by atoms with Crippen molar-refractivity contribution in [1.29, 1.82) is 0 Å². The molecule has 34 heavy (non-hydrogen) atoms. The number of carbonyl (C=O) groups excluding carboxylic acids is 3. The van der Waals surface area contributed by atoms with Crippen LogP contribution in [-0.2, 0) is 28.6 Å². The molecule has 3 saturated carbocycles. The van der Waals surface area contributed by atoms with Crippen molar-refractivity contribution in [2.24, 2.45) is 28.6 Å². The zero-order chi connectivity index (χ0) is 24.8. The van der Waals surface area contributed by atoms with Gasteiger partial charge in [0.15, 0.2) is 23.8 Å². The van der Waals surface area contributed by atoms with Crippen molar-refractivity contribution in [2.45, 2.75) is 83.6 Å². The van der Waals surface area contributed by atoms with Crippen molar-refractivity contribution in [3.05, 3.63) is 23.8 Å². The van der Waals surface area contributed by atoms with Crippen molar-refractivity contribution < 1.29 is 38.1 Å². The van der Waals surface area contributed by atoms with Crippen LogP contribution in [0.1, 0.15) is 53.9 Å². The van der Waals surface area contributed by atoms with Crippen LogP contribution in [0, 0.1) is 28.6 Å². The minimum absolute atomic E-state index is 0.161. The predicted molar refractivity (Wildman–Crippen MR) is 118 cm³/mol. The van der Waals surface area contributed by atoms with Gasteiger partial charge in [-0.2, -0.15) is 0 Å². The van der Waals surface area contributed by atoms with E-state index < -0.39 is 59.0 Å². The number of halogens is 1. The second-order valence-electron chi connectivity index (χ2n) is 11.6. The van der Waals surface area contributed by atoms with Crippen LogP contribution in [0.15, 0.2) is 23.8 Å². The van der Waals surface area contributed by atoms with Crippen molar-refractivity contribution in [1.82, 2.24) is 0 Å². The summed E-state index contributed by atoms with van der Waals surface area (Å²) in [4.78, 5) is 37.1. The van der Waals surface area contributed by atoms with Gasteiger partial charge in [-0.05, 0) is 62.7 Å². The van der Waals surface area contributed by atoms with E-state index in [1.807, 2.05) is 13.8 Å². The summed E-state index contributed by atoms with van der Waals surface area (Å²) in [6.45, 7) is 8.10. The number of aliphatic hydroxyl groups is 1. The molecule has 1 heterocycles. The lowest BCUT2D eigenvalue weighted by molar-refractivity contribution is -0.227. The van der Waals surface area contributed by atoms with Gasteiger partial charge in [0.05, 0.1) is 12.2 Å². The van der Waals surface area contributed by atoms with Crippen LogP contribution < -0.4 is 0 Å². The Bertz CT molecular complexity index is 1020. The molecule has 4 fully saturated rings. The number of ketones is 2.